The van der Waals surface area contributed by atoms with Crippen LogP contribution in [0.15, 0.2) is 18.2 Å². The van der Waals surface area contributed by atoms with E-state index in [9.17, 15) is 4.79 Å². The van der Waals surface area contributed by atoms with E-state index in [1.807, 2.05) is 32.0 Å². The number of ether oxygens (including phenoxy) is 1. The summed E-state index contributed by atoms with van der Waals surface area (Å²) in [6.07, 6.45) is 0. The highest BCUT2D eigenvalue weighted by Gasteiger charge is 2.10. The summed E-state index contributed by atoms with van der Waals surface area (Å²) in [5.41, 5.74) is 13.0. The quantitative estimate of drug-likeness (QED) is 0.813. The molecule has 0 aliphatic rings. The molecular weight excluding hydrogens is 216 g/mol. The molecule has 1 rings (SSSR count). The number of aryl methyl sites for hydroxylation is 1. The third-order valence-corrected chi connectivity index (χ3v) is 2.70. The van der Waals surface area contributed by atoms with E-state index < -0.39 is 0 Å². The molecule has 2 atom stereocenters. The second-order valence-electron chi connectivity index (χ2n) is 4.43. The lowest BCUT2D eigenvalue weighted by atomic mass is 10.1. The molecule has 0 aliphatic carbocycles. The van der Waals surface area contributed by atoms with Gasteiger partial charge in [-0.15, -0.1) is 0 Å². The molecule has 0 aliphatic heterocycles. The van der Waals surface area contributed by atoms with Crippen LogP contribution in [-0.4, -0.2) is 12.5 Å². The van der Waals surface area contributed by atoms with E-state index in [2.05, 4.69) is 0 Å². The zero-order valence-electron chi connectivity index (χ0n) is 10.6. The fourth-order valence-corrected chi connectivity index (χ4v) is 1.41. The minimum atomic E-state index is -0.352. The van der Waals surface area contributed by atoms with Crippen molar-refractivity contribution in [2.75, 3.05) is 6.61 Å². The third kappa shape index (κ3) is 3.75. The molecule has 1 unspecified atom stereocenters. The molecule has 0 fully saturated rings. The van der Waals surface area contributed by atoms with E-state index in [4.69, 9.17) is 16.2 Å². The van der Waals surface area contributed by atoms with Crippen molar-refractivity contribution < 1.29 is 9.53 Å². The highest BCUT2D eigenvalue weighted by Crippen LogP contribution is 2.22. The van der Waals surface area contributed by atoms with Crippen LogP contribution in [0.2, 0.25) is 0 Å². The number of nitrogens with two attached hydrogens (primary N) is 2. The average Bonchev–Trinajstić information content (AvgIpc) is 2.26. The van der Waals surface area contributed by atoms with E-state index >= 15 is 0 Å². The van der Waals surface area contributed by atoms with Crippen LogP contribution >= 0.6 is 0 Å². The Morgan fingerprint density at radius 1 is 1.41 bits per heavy atom. The summed E-state index contributed by atoms with van der Waals surface area (Å²) >= 11 is 0. The fraction of sp³-hybridized carbons (Fsp3) is 0.462. The lowest BCUT2D eigenvalue weighted by molar-refractivity contribution is -0.122. The van der Waals surface area contributed by atoms with Crippen molar-refractivity contribution >= 4 is 5.91 Å². The van der Waals surface area contributed by atoms with Crippen LogP contribution in [0.1, 0.15) is 31.0 Å². The largest absolute Gasteiger partial charge is 0.493 e. The first kappa shape index (κ1) is 13.5. The highest BCUT2D eigenvalue weighted by molar-refractivity contribution is 5.76. The molecule has 1 amide bonds. The third-order valence-electron chi connectivity index (χ3n) is 2.70. The Hall–Kier alpha value is -1.55. The smallest absolute Gasteiger partial charge is 0.223 e. The van der Waals surface area contributed by atoms with Crippen LogP contribution in [-0.2, 0) is 4.79 Å². The minimum absolute atomic E-state index is 0.00675. The molecule has 0 bridgehead atoms. The van der Waals surface area contributed by atoms with E-state index in [0.717, 1.165) is 16.9 Å². The zero-order valence-corrected chi connectivity index (χ0v) is 10.6. The lowest BCUT2D eigenvalue weighted by Gasteiger charge is -2.14. The van der Waals surface area contributed by atoms with Gasteiger partial charge in [0.1, 0.15) is 5.75 Å². The van der Waals surface area contributed by atoms with Crippen LogP contribution in [0.25, 0.3) is 0 Å². The van der Waals surface area contributed by atoms with Gasteiger partial charge in [-0.1, -0.05) is 19.1 Å². The number of hydrogen-bond donors (Lipinski definition) is 2. The SMILES string of the molecule is Cc1cc([C@H](C)N)ccc1OCC(C)C(N)=O. The van der Waals surface area contributed by atoms with E-state index in [1.54, 1.807) is 6.92 Å². The van der Waals surface area contributed by atoms with Crippen molar-refractivity contribution in [3.63, 3.8) is 0 Å². The molecule has 0 aromatic heterocycles. The molecule has 4 N–H and O–H groups in total. The average molecular weight is 236 g/mol. The topological polar surface area (TPSA) is 78.3 Å². The van der Waals surface area contributed by atoms with Crippen molar-refractivity contribution in [2.24, 2.45) is 17.4 Å². The van der Waals surface area contributed by atoms with Gasteiger partial charge in [0.15, 0.2) is 0 Å². The molecule has 94 valence electrons. The van der Waals surface area contributed by atoms with Gasteiger partial charge >= 0.3 is 0 Å². The Balaban J connectivity index is 2.70. The van der Waals surface area contributed by atoms with Crippen LogP contribution in [0, 0.1) is 12.8 Å². The Kier molecular flexibility index (Phi) is 4.52. The minimum Gasteiger partial charge on any atom is -0.493 e. The van der Waals surface area contributed by atoms with E-state index in [0.29, 0.717) is 6.61 Å². The first-order valence-corrected chi connectivity index (χ1v) is 5.70. The van der Waals surface area contributed by atoms with Crippen LogP contribution < -0.4 is 16.2 Å². The van der Waals surface area contributed by atoms with Gasteiger partial charge in [-0.05, 0) is 31.0 Å². The Bertz CT molecular complexity index is 402. The summed E-state index contributed by atoms with van der Waals surface area (Å²) in [7, 11) is 0. The number of primary amides is 1. The summed E-state index contributed by atoms with van der Waals surface area (Å²) < 4.78 is 5.55. The molecule has 0 radical (unpaired) electrons. The predicted octanol–water partition coefficient (Wildman–Crippen LogP) is 1.51. The molecule has 1 aromatic carbocycles. The molecule has 17 heavy (non-hydrogen) atoms. The van der Waals surface area contributed by atoms with Crippen molar-refractivity contribution in [3.05, 3.63) is 29.3 Å². The van der Waals surface area contributed by atoms with Gasteiger partial charge in [-0.3, -0.25) is 4.79 Å². The fourth-order valence-electron chi connectivity index (χ4n) is 1.41. The van der Waals surface area contributed by atoms with Crippen molar-refractivity contribution in [1.29, 1.82) is 0 Å². The van der Waals surface area contributed by atoms with Gasteiger partial charge in [-0.25, -0.2) is 0 Å². The molecule has 0 saturated heterocycles. The van der Waals surface area contributed by atoms with Crippen LogP contribution in [0.5, 0.6) is 5.75 Å². The molecular formula is C13H20N2O2. The summed E-state index contributed by atoms with van der Waals surface area (Å²) in [6, 6.07) is 5.81. The number of hydrogen-bond acceptors (Lipinski definition) is 3. The van der Waals surface area contributed by atoms with E-state index in [1.165, 1.54) is 0 Å². The van der Waals surface area contributed by atoms with Crippen LogP contribution in [0.4, 0.5) is 0 Å². The first-order valence-electron chi connectivity index (χ1n) is 5.70. The number of amides is 1. The Labute approximate surface area is 102 Å². The zero-order chi connectivity index (χ0) is 13.0. The van der Waals surface area contributed by atoms with Gasteiger partial charge in [0.2, 0.25) is 5.91 Å². The molecule has 0 spiro atoms. The second kappa shape index (κ2) is 5.68. The highest BCUT2D eigenvalue weighted by atomic mass is 16.5. The standard InChI is InChI=1S/C13H20N2O2/c1-8-6-11(10(3)14)4-5-12(8)17-7-9(2)13(15)16/h4-6,9-10H,7,14H2,1-3H3,(H2,15,16)/t9?,10-/m0/s1. The number of carbonyl (C=O) groups is 1. The summed E-state index contributed by atoms with van der Waals surface area (Å²) in [6.45, 7) is 5.93. The number of carbonyl (C=O) groups excluding carboxylic acids is 1. The molecule has 4 heteroatoms. The maximum Gasteiger partial charge on any atom is 0.223 e. The Morgan fingerprint density at radius 2 is 2.06 bits per heavy atom. The van der Waals surface area contributed by atoms with Gasteiger partial charge in [-0.2, -0.15) is 0 Å². The van der Waals surface area contributed by atoms with Gasteiger partial charge in [0.05, 0.1) is 12.5 Å². The van der Waals surface area contributed by atoms with Crippen molar-refractivity contribution in [1.82, 2.24) is 0 Å². The van der Waals surface area contributed by atoms with Gasteiger partial charge in [0, 0.05) is 6.04 Å². The number of rotatable bonds is 5. The normalized spacial score (nSPS) is 14.1. The molecule has 0 saturated carbocycles. The van der Waals surface area contributed by atoms with Crippen molar-refractivity contribution in [3.8, 4) is 5.75 Å². The maximum atomic E-state index is 10.9. The summed E-state index contributed by atoms with van der Waals surface area (Å²) in [4.78, 5) is 10.9. The molecule has 1 aromatic rings. The summed E-state index contributed by atoms with van der Waals surface area (Å²) in [5, 5.41) is 0. The molecule has 0 heterocycles. The lowest BCUT2D eigenvalue weighted by Crippen LogP contribution is -2.25. The van der Waals surface area contributed by atoms with E-state index in [-0.39, 0.29) is 17.9 Å². The van der Waals surface area contributed by atoms with Crippen molar-refractivity contribution in [2.45, 2.75) is 26.8 Å². The Morgan fingerprint density at radius 3 is 2.53 bits per heavy atom. The second-order valence-corrected chi connectivity index (χ2v) is 4.43. The number of benzene rings is 1. The predicted molar refractivity (Wildman–Crippen MR) is 67.6 cm³/mol. The van der Waals surface area contributed by atoms with Crippen LogP contribution in [0.3, 0.4) is 0 Å². The monoisotopic (exact) mass is 236 g/mol. The van der Waals surface area contributed by atoms with Gasteiger partial charge < -0.3 is 16.2 Å². The summed E-state index contributed by atoms with van der Waals surface area (Å²) in [5.74, 6) is 0.125. The maximum absolute atomic E-state index is 10.9. The first-order chi connectivity index (χ1) is 7.91. The molecule has 4 nitrogen and oxygen atoms in total. The van der Waals surface area contributed by atoms with Gasteiger partial charge in [0.25, 0.3) is 0 Å².